The molecule has 0 spiro atoms. The number of aromatic nitrogens is 2. The monoisotopic (exact) mass is 692 g/mol. The molecule has 2 aromatic rings. The van der Waals surface area contributed by atoms with E-state index in [1.54, 1.807) is 0 Å². The van der Waals surface area contributed by atoms with Crippen molar-refractivity contribution in [3.8, 4) is 0 Å². The van der Waals surface area contributed by atoms with Gasteiger partial charge >= 0.3 is 0 Å². The van der Waals surface area contributed by atoms with E-state index >= 15 is 0 Å². The molecule has 0 amide bonds. The van der Waals surface area contributed by atoms with Gasteiger partial charge in [-0.05, 0) is 56.2 Å². The van der Waals surface area contributed by atoms with E-state index in [0.29, 0.717) is 6.61 Å². The minimum absolute atomic E-state index is 0. The lowest BCUT2D eigenvalue weighted by atomic mass is 10.0. The van der Waals surface area contributed by atoms with Gasteiger partial charge in [0.2, 0.25) is 0 Å². The highest BCUT2D eigenvalue weighted by atomic mass is 127. The molecule has 0 unspecified atom stereocenters. The van der Waals surface area contributed by atoms with Crippen molar-refractivity contribution in [1.29, 1.82) is 0 Å². The summed E-state index contributed by atoms with van der Waals surface area (Å²) in [5.41, 5.74) is 2.90. The van der Waals surface area contributed by atoms with Gasteiger partial charge in [-0.1, -0.05) is 128 Å². The third kappa shape index (κ3) is 23.4. The van der Waals surface area contributed by atoms with Gasteiger partial charge < -0.3 is 29.1 Å². The maximum Gasteiger partial charge on any atom is 0.171 e. The zero-order chi connectivity index (χ0) is 28.9. The van der Waals surface area contributed by atoms with Crippen molar-refractivity contribution in [3.05, 3.63) is 60.2 Å². The third-order valence-electron chi connectivity index (χ3n) is 8.65. The van der Waals surface area contributed by atoms with Crippen molar-refractivity contribution in [2.75, 3.05) is 6.61 Å². The topological polar surface area (TPSA) is 37.0 Å². The Balaban J connectivity index is 0.00000882. The number of hydrogen-bond donors (Lipinski definition) is 1. The molecule has 42 heavy (non-hydrogen) atoms. The van der Waals surface area contributed by atoms with Crippen LogP contribution in [0.2, 0.25) is 0 Å². The molecule has 0 bridgehead atoms. The lowest BCUT2D eigenvalue weighted by Gasteiger charge is -2.04. The van der Waals surface area contributed by atoms with Crippen molar-refractivity contribution in [2.24, 2.45) is 0 Å². The average Bonchev–Trinajstić information content (AvgIpc) is 3.00. The number of hydrogen-bond acceptors (Lipinski definition) is 2. The first-order valence-corrected chi connectivity index (χ1v) is 17.9. The van der Waals surface area contributed by atoms with Crippen LogP contribution in [-0.4, -0.2) is 16.7 Å². The fourth-order valence-corrected chi connectivity index (χ4v) is 6.01. The molecule has 4 heteroatoms. The molecular weight excluding hydrogens is 627 g/mol. The van der Waals surface area contributed by atoms with Crippen LogP contribution >= 0.6 is 0 Å². The maximum absolute atomic E-state index is 8.82. The zero-order valence-corrected chi connectivity index (χ0v) is 29.3. The molecule has 240 valence electrons. The van der Waals surface area contributed by atoms with E-state index in [4.69, 9.17) is 5.11 Å². The van der Waals surface area contributed by atoms with E-state index in [1.807, 2.05) is 18.5 Å². The Morgan fingerprint density at radius 1 is 0.500 bits per heavy atom. The molecule has 2 heterocycles. The van der Waals surface area contributed by atoms with Crippen molar-refractivity contribution in [3.63, 3.8) is 0 Å². The van der Waals surface area contributed by atoms with Crippen molar-refractivity contribution in [2.45, 2.75) is 173 Å². The molecule has 3 nitrogen and oxygen atoms in total. The largest absolute Gasteiger partial charge is 1.00 e. The first-order chi connectivity index (χ1) is 20.4. The Morgan fingerprint density at radius 2 is 0.929 bits per heavy atom. The number of rotatable bonds is 29. The minimum atomic E-state index is 0. The summed E-state index contributed by atoms with van der Waals surface area (Å²) < 4.78 is 2.43. The van der Waals surface area contributed by atoms with Gasteiger partial charge in [-0.15, -0.1) is 0 Å². The van der Waals surface area contributed by atoms with Crippen LogP contribution in [0.4, 0.5) is 0 Å². The normalized spacial score (nSPS) is 11.1. The van der Waals surface area contributed by atoms with Crippen molar-refractivity contribution in [1.82, 2.24) is 4.98 Å². The Bertz CT molecular complexity index is 816. The highest BCUT2D eigenvalue weighted by Gasteiger charge is 2.04. The fraction of sp³-hybridized carbons (Fsp3) is 0.737. The smallest absolute Gasteiger partial charge is 0.171 e. The quantitative estimate of drug-likeness (QED) is 0.0545. The van der Waals surface area contributed by atoms with Crippen LogP contribution in [0.1, 0.15) is 165 Å². The number of halogens is 1. The molecule has 0 fully saturated rings. The molecule has 0 saturated carbocycles. The second-order valence-corrected chi connectivity index (χ2v) is 12.5. The van der Waals surface area contributed by atoms with E-state index in [9.17, 15) is 0 Å². The molecule has 0 aliphatic rings. The lowest BCUT2D eigenvalue weighted by molar-refractivity contribution is -0.697. The molecule has 1 N–H and O–H groups in total. The molecule has 2 aromatic heterocycles. The summed E-state index contributed by atoms with van der Waals surface area (Å²) in [6.07, 6.45) is 43.6. The van der Waals surface area contributed by atoms with Crippen LogP contribution in [-0.2, 0) is 19.4 Å². The van der Waals surface area contributed by atoms with Gasteiger partial charge in [0.05, 0.1) is 0 Å². The van der Waals surface area contributed by atoms with Gasteiger partial charge in [0, 0.05) is 37.1 Å². The lowest BCUT2D eigenvalue weighted by Crippen LogP contribution is -3.00. The predicted octanol–water partition coefficient (Wildman–Crippen LogP) is 7.51. The number of aliphatic hydroxyl groups is 1. The highest BCUT2D eigenvalue weighted by Crippen LogP contribution is 2.15. The van der Waals surface area contributed by atoms with Crippen LogP contribution in [0, 0.1) is 0 Å². The van der Waals surface area contributed by atoms with Crippen molar-refractivity contribution < 1.29 is 33.7 Å². The molecule has 2 rings (SSSR count). The first kappa shape index (κ1) is 39.0. The number of unbranched alkanes of at least 4 members (excludes halogenated alkanes) is 22. The summed E-state index contributed by atoms with van der Waals surface area (Å²) in [7, 11) is 0. The minimum Gasteiger partial charge on any atom is -1.00 e. The molecular formula is C38H65IN2O. The number of aryl methyl sites for hydroxylation is 3. The van der Waals surface area contributed by atoms with Gasteiger partial charge in [0.15, 0.2) is 12.4 Å². The average molecular weight is 693 g/mol. The Kier molecular flexibility index (Phi) is 27.9. The second-order valence-electron chi connectivity index (χ2n) is 12.5. The molecule has 0 saturated heterocycles. The predicted molar refractivity (Wildman–Crippen MR) is 176 cm³/mol. The highest BCUT2D eigenvalue weighted by molar-refractivity contribution is 5.08. The SMILES string of the molecule is OCCCCCCCCCCCCCCc1ccc[n+](CCCCCCCCCCCCCCc2cccnc2)c1.[I-]. The van der Waals surface area contributed by atoms with Gasteiger partial charge in [-0.3, -0.25) is 4.98 Å². The van der Waals surface area contributed by atoms with Gasteiger partial charge in [0.25, 0.3) is 0 Å². The standard InChI is InChI=1S/C38H65N2O.HI/c41-34-24-20-16-12-8-4-2-6-10-14-18-22-28-38-30-26-33-40(36-38)32-23-19-15-11-7-3-1-5-9-13-17-21-27-37-29-25-31-39-35-37;/h25-26,29-31,33,35-36,41H,1-24,27-28,32,34H2;1H/q+1;/p-1. The van der Waals surface area contributed by atoms with E-state index < -0.39 is 0 Å². The van der Waals surface area contributed by atoms with Gasteiger partial charge in [0.1, 0.15) is 6.54 Å². The Morgan fingerprint density at radius 3 is 1.40 bits per heavy atom. The maximum atomic E-state index is 8.82. The Labute approximate surface area is 277 Å². The van der Waals surface area contributed by atoms with E-state index in [1.165, 1.54) is 178 Å². The van der Waals surface area contributed by atoms with E-state index in [2.05, 4.69) is 40.1 Å². The van der Waals surface area contributed by atoms with Crippen LogP contribution in [0.15, 0.2) is 49.1 Å². The third-order valence-corrected chi connectivity index (χ3v) is 8.65. The molecule has 0 atom stereocenters. The summed E-state index contributed by atoms with van der Waals surface area (Å²) in [6, 6.07) is 8.81. The summed E-state index contributed by atoms with van der Waals surface area (Å²) in [6.45, 7) is 1.54. The number of pyridine rings is 2. The van der Waals surface area contributed by atoms with E-state index in [0.717, 1.165) is 6.42 Å². The van der Waals surface area contributed by atoms with Crippen LogP contribution in [0.3, 0.4) is 0 Å². The number of aliphatic hydroxyl groups excluding tert-OH is 1. The van der Waals surface area contributed by atoms with Crippen molar-refractivity contribution >= 4 is 0 Å². The second kappa shape index (κ2) is 30.0. The van der Waals surface area contributed by atoms with E-state index in [-0.39, 0.29) is 24.0 Å². The summed E-state index contributed by atoms with van der Waals surface area (Å²) in [4.78, 5) is 4.21. The van der Waals surface area contributed by atoms with Crippen LogP contribution in [0.25, 0.3) is 0 Å². The summed E-state index contributed by atoms with van der Waals surface area (Å²) in [5.74, 6) is 0. The molecule has 0 aliphatic carbocycles. The summed E-state index contributed by atoms with van der Waals surface area (Å²) >= 11 is 0. The number of nitrogens with zero attached hydrogens (tertiary/aromatic N) is 2. The van der Waals surface area contributed by atoms with Crippen LogP contribution < -0.4 is 28.5 Å². The Hall–Kier alpha value is -1.01. The summed E-state index contributed by atoms with van der Waals surface area (Å²) in [5, 5.41) is 8.82. The zero-order valence-electron chi connectivity index (χ0n) is 27.1. The molecule has 0 radical (unpaired) electrons. The fourth-order valence-electron chi connectivity index (χ4n) is 6.01. The van der Waals surface area contributed by atoms with Gasteiger partial charge in [-0.2, -0.15) is 0 Å². The van der Waals surface area contributed by atoms with Crippen LogP contribution in [0.5, 0.6) is 0 Å². The molecule has 0 aromatic carbocycles. The van der Waals surface area contributed by atoms with Gasteiger partial charge in [-0.25, -0.2) is 4.57 Å². The first-order valence-electron chi connectivity index (χ1n) is 17.9. The molecule has 0 aliphatic heterocycles.